The Balaban J connectivity index is 2.89. The van der Waals surface area contributed by atoms with Crippen LogP contribution >= 0.6 is 0 Å². The number of esters is 1. The molecular formula is C12H15N3O4S. The summed E-state index contributed by atoms with van der Waals surface area (Å²) in [5, 5.41) is 3.69. The third-order valence-electron chi connectivity index (χ3n) is 2.69. The molecule has 2 aromatic rings. The number of carbonyl (C=O) groups excluding carboxylic acids is 1. The van der Waals surface area contributed by atoms with E-state index >= 15 is 0 Å². The summed E-state index contributed by atoms with van der Waals surface area (Å²) in [6, 6.07) is 1.75. The third-order valence-corrected chi connectivity index (χ3v) is 3.68. The zero-order valence-electron chi connectivity index (χ0n) is 11.7. The molecule has 0 spiro atoms. The van der Waals surface area contributed by atoms with Gasteiger partial charge in [-0.25, -0.2) is 22.7 Å². The second kappa shape index (κ2) is 4.86. The van der Waals surface area contributed by atoms with Gasteiger partial charge in [-0.15, -0.1) is 0 Å². The smallest absolute Gasteiger partial charge is 0.345 e. The van der Waals surface area contributed by atoms with E-state index in [1.165, 1.54) is 4.52 Å². The first-order valence-electron chi connectivity index (χ1n) is 6.00. The van der Waals surface area contributed by atoms with Crippen LogP contribution in [-0.2, 0) is 14.6 Å². The number of rotatable bonds is 3. The summed E-state index contributed by atoms with van der Waals surface area (Å²) in [5.74, 6) is -0.736. The lowest BCUT2D eigenvalue weighted by atomic mass is 10.3. The minimum absolute atomic E-state index is 0.110. The van der Waals surface area contributed by atoms with Gasteiger partial charge in [-0.1, -0.05) is 0 Å². The highest BCUT2D eigenvalue weighted by molar-refractivity contribution is 7.90. The van der Waals surface area contributed by atoms with Gasteiger partial charge in [0.05, 0.1) is 6.61 Å². The van der Waals surface area contributed by atoms with Gasteiger partial charge in [0, 0.05) is 17.6 Å². The van der Waals surface area contributed by atoms with E-state index in [9.17, 15) is 13.2 Å². The molecule has 20 heavy (non-hydrogen) atoms. The summed E-state index contributed by atoms with van der Waals surface area (Å²) in [6.07, 6.45) is 1.000. The first-order chi connectivity index (χ1) is 9.25. The first kappa shape index (κ1) is 14.4. The molecule has 0 bridgehead atoms. The van der Waals surface area contributed by atoms with Gasteiger partial charge in [0.25, 0.3) is 0 Å². The monoisotopic (exact) mass is 297 g/mol. The van der Waals surface area contributed by atoms with E-state index in [-0.39, 0.29) is 22.8 Å². The molecule has 108 valence electrons. The number of carbonyl (C=O) groups is 1. The van der Waals surface area contributed by atoms with Gasteiger partial charge in [-0.05, 0) is 26.8 Å². The number of aromatic nitrogens is 3. The number of sulfone groups is 1. The van der Waals surface area contributed by atoms with Crippen LogP contribution in [0.5, 0.6) is 0 Å². The summed E-state index contributed by atoms with van der Waals surface area (Å²) in [4.78, 5) is 16.2. The Kier molecular flexibility index (Phi) is 3.51. The van der Waals surface area contributed by atoms with Crippen molar-refractivity contribution in [2.75, 3.05) is 12.9 Å². The Morgan fingerprint density at radius 3 is 2.60 bits per heavy atom. The molecule has 0 unspecified atom stereocenters. The molecule has 0 saturated carbocycles. The van der Waals surface area contributed by atoms with Crippen molar-refractivity contribution in [3.05, 3.63) is 23.0 Å². The average Bonchev–Trinajstić information content (AvgIpc) is 2.68. The molecule has 0 saturated heterocycles. The van der Waals surface area contributed by atoms with Crippen molar-refractivity contribution in [2.24, 2.45) is 0 Å². The van der Waals surface area contributed by atoms with Crippen LogP contribution in [0.4, 0.5) is 0 Å². The normalized spacial score (nSPS) is 11.8. The predicted molar refractivity (Wildman–Crippen MR) is 71.5 cm³/mol. The molecule has 0 aliphatic heterocycles. The van der Waals surface area contributed by atoms with Crippen LogP contribution in [0.3, 0.4) is 0 Å². The highest BCUT2D eigenvalue weighted by Crippen LogP contribution is 2.21. The van der Waals surface area contributed by atoms with E-state index in [0.717, 1.165) is 6.26 Å². The minimum Gasteiger partial charge on any atom is -0.462 e. The first-order valence-corrected chi connectivity index (χ1v) is 7.89. The highest BCUT2D eigenvalue weighted by atomic mass is 32.2. The fraction of sp³-hybridized carbons (Fsp3) is 0.417. The molecule has 7 nitrogen and oxygen atoms in total. The summed E-state index contributed by atoms with van der Waals surface area (Å²) in [6.45, 7) is 5.31. The van der Waals surface area contributed by atoms with Gasteiger partial charge in [0.15, 0.2) is 20.5 Å². The van der Waals surface area contributed by atoms with Crippen molar-refractivity contribution in [1.29, 1.82) is 0 Å². The van der Waals surface area contributed by atoms with E-state index in [1.54, 1.807) is 26.8 Å². The number of nitrogens with zero attached hydrogens (tertiary/aromatic N) is 3. The molecule has 0 aliphatic carbocycles. The maximum atomic E-state index is 12.0. The van der Waals surface area contributed by atoms with Crippen LogP contribution in [0.2, 0.25) is 0 Å². The standard InChI is InChI=1S/C12H15N3O4S/c1-5-19-12(16)9-10-13-7(2)6-8(3)15(10)14-11(9)20(4,17)18/h6H,5H2,1-4H3. The lowest BCUT2D eigenvalue weighted by Crippen LogP contribution is -2.10. The van der Waals surface area contributed by atoms with Crippen molar-refractivity contribution in [2.45, 2.75) is 25.8 Å². The van der Waals surface area contributed by atoms with Crippen molar-refractivity contribution in [3.63, 3.8) is 0 Å². The van der Waals surface area contributed by atoms with Crippen LogP contribution in [0, 0.1) is 13.8 Å². The Morgan fingerprint density at radius 1 is 1.40 bits per heavy atom. The Labute approximate surface area is 116 Å². The lowest BCUT2D eigenvalue weighted by molar-refractivity contribution is 0.0524. The van der Waals surface area contributed by atoms with E-state index in [1.807, 2.05) is 0 Å². The van der Waals surface area contributed by atoms with Crippen LogP contribution in [0.1, 0.15) is 28.7 Å². The van der Waals surface area contributed by atoms with Gasteiger partial charge in [0.2, 0.25) is 0 Å². The summed E-state index contributed by atoms with van der Waals surface area (Å²) < 4.78 is 29.9. The van der Waals surface area contributed by atoms with Crippen molar-refractivity contribution in [3.8, 4) is 0 Å². The number of fused-ring (bicyclic) bond motifs is 1. The van der Waals surface area contributed by atoms with Crippen LogP contribution in [-0.4, -0.2) is 41.8 Å². The largest absolute Gasteiger partial charge is 0.462 e. The summed E-state index contributed by atoms with van der Waals surface area (Å²) >= 11 is 0. The summed E-state index contributed by atoms with van der Waals surface area (Å²) in [7, 11) is -3.66. The number of aryl methyl sites for hydroxylation is 2. The van der Waals surface area contributed by atoms with Crippen molar-refractivity contribution < 1.29 is 17.9 Å². The van der Waals surface area contributed by atoms with E-state index in [0.29, 0.717) is 11.4 Å². The molecule has 0 fully saturated rings. The predicted octanol–water partition coefficient (Wildman–Crippen LogP) is 0.926. The fourth-order valence-corrected chi connectivity index (χ4v) is 2.72. The maximum absolute atomic E-state index is 12.0. The molecule has 0 atom stereocenters. The number of ether oxygens (including phenoxy) is 1. The van der Waals surface area contributed by atoms with Gasteiger partial charge >= 0.3 is 5.97 Å². The summed E-state index contributed by atoms with van der Waals surface area (Å²) in [5.41, 5.74) is 1.44. The van der Waals surface area contributed by atoms with Gasteiger partial charge in [0.1, 0.15) is 5.56 Å². The zero-order chi connectivity index (χ0) is 15.1. The number of hydrogen-bond acceptors (Lipinski definition) is 6. The molecule has 0 N–H and O–H groups in total. The van der Waals surface area contributed by atoms with Crippen molar-refractivity contribution >= 4 is 21.5 Å². The van der Waals surface area contributed by atoms with Crippen LogP contribution in [0.25, 0.3) is 5.65 Å². The lowest BCUT2D eigenvalue weighted by Gasteiger charge is -2.02. The second-order valence-electron chi connectivity index (χ2n) is 4.45. The molecule has 0 radical (unpaired) electrons. The Bertz CT molecular complexity index is 793. The topological polar surface area (TPSA) is 90.6 Å². The Morgan fingerprint density at radius 2 is 2.05 bits per heavy atom. The number of hydrogen-bond donors (Lipinski definition) is 0. The highest BCUT2D eigenvalue weighted by Gasteiger charge is 2.29. The van der Waals surface area contributed by atoms with Gasteiger partial charge in [-0.3, -0.25) is 0 Å². The van der Waals surface area contributed by atoms with Crippen LogP contribution < -0.4 is 0 Å². The molecule has 0 amide bonds. The van der Waals surface area contributed by atoms with Gasteiger partial charge < -0.3 is 4.74 Å². The average molecular weight is 297 g/mol. The quantitative estimate of drug-likeness (QED) is 0.783. The van der Waals surface area contributed by atoms with E-state index in [4.69, 9.17) is 4.74 Å². The SMILES string of the molecule is CCOC(=O)c1c(S(C)(=O)=O)nn2c(C)cc(C)nc12. The van der Waals surface area contributed by atoms with E-state index in [2.05, 4.69) is 10.1 Å². The molecule has 2 aromatic heterocycles. The molecular weight excluding hydrogens is 282 g/mol. The molecule has 2 heterocycles. The zero-order valence-corrected chi connectivity index (χ0v) is 12.5. The molecule has 0 aromatic carbocycles. The molecule has 0 aliphatic rings. The fourth-order valence-electron chi connectivity index (χ4n) is 1.94. The maximum Gasteiger partial charge on any atom is 0.345 e. The Hall–Kier alpha value is -1.96. The van der Waals surface area contributed by atoms with Gasteiger partial charge in [-0.2, -0.15) is 5.10 Å². The minimum atomic E-state index is -3.66. The molecule has 8 heteroatoms. The molecule has 2 rings (SSSR count). The van der Waals surface area contributed by atoms with E-state index < -0.39 is 15.8 Å². The van der Waals surface area contributed by atoms with Crippen LogP contribution in [0.15, 0.2) is 11.1 Å². The van der Waals surface area contributed by atoms with Crippen molar-refractivity contribution in [1.82, 2.24) is 14.6 Å². The second-order valence-corrected chi connectivity index (χ2v) is 6.38. The third kappa shape index (κ3) is 2.38.